The zero-order chi connectivity index (χ0) is 15.3. The molecule has 2 atom stereocenters. The third kappa shape index (κ3) is 4.45. The summed E-state index contributed by atoms with van der Waals surface area (Å²) < 4.78 is 10.4. The highest BCUT2D eigenvalue weighted by atomic mass is 16.5. The van der Waals surface area contributed by atoms with E-state index in [-0.39, 0.29) is 23.3 Å². The smallest absolute Gasteiger partial charge is 0.245 e. The summed E-state index contributed by atoms with van der Waals surface area (Å²) in [6, 6.07) is -0.502. The van der Waals surface area contributed by atoms with Crippen molar-refractivity contribution >= 4 is 11.8 Å². The van der Waals surface area contributed by atoms with Gasteiger partial charge in [0.1, 0.15) is 6.04 Å². The Labute approximate surface area is 120 Å². The van der Waals surface area contributed by atoms with Gasteiger partial charge in [-0.25, -0.2) is 0 Å². The molecule has 1 fully saturated rings. The van der Waals surface area contributed by atoms with Crippen LogP contribution in [0.3, 0.4) is 0 Å². The number of carbonyl (C=O) groups is 2. The summed E-state index contributed by atoms with van der Waals surface area (Å²) in [7, 11) is 3.19. The summed E-state index contributed by atoms with van der Waals surface area (Å²) in [5.41, 5.74) is -0.320. The number of methoxy groups -OCH3 is 2. The van der Waals surface area contributed by atoms with Gasteiger partial charge in [0, 0.05) is 33.7 Å². The molecule has 2 amide bonds. The molecule has 1 rings (SSSR count). The Kier molecular flexibility index (Phi) is 5.95. The fourth-order valence-electron chi connectivity index (χ4n) is 2.22. The Morgan fingerprint density at radius 1 is 1.35 bits per heavy atom. The number of nitrogens with zero attached hydrogens (tertiary/aromatic N) is 1. The molecule has 0 bridgehead atoms. The van der Waals surface area contributed by atoms with Crippen LogP contribution >= 0.6 is 0 Å². The highest BCUT2D eigenvalue weighted by molar-refractivity contribution is 5.90. The van der Waals surface area contributed by atoms with Crippen molar-refractivity contribution in [3.63, 3.8) is 0 Å². The molecule has 0 spiro atoms. The van der Waals surface area contributed by atoms with Gasteiger partial charge in [0.15, 0.2) is 0 Å². The SMILES string of the molecule is COCC(CN1CCC(=O)NC(C(C)(C)C)C1=O)OC. The van der Waals surface area contributed by atoms with Gasteiger partial charge in [0.05, 0.1) is 12.7 Å². The Morgan fingerprint density at radius 3 is 2.50 bits per heavy atom. The van der Waals surface area contributed by atoms with E-state index in [2.05, 4.69) is 5.32 Å². The number of carbonyl (C=O) groups excluding carboxylic acids is 2. The molecule has 20 heavy (non-hydrogen) atoms. The van der Waals surface area contributed by atoms with E-state index >= 15 is 0 Å². The molecule has 1 N–H and O–H groups in total. The lowest BCUT2D eigenvalue weighted by Crippen LogP contribution is -2.53. The van der Waals surface area contributed by atoms with Crippen molar-refractivity contribution < 1.29 is 19.1 Å². The van der Waals surface area contributed by atoms with E-state index in [1.807, 2.05) is 20.8 Å². The maximum atomic E-state index is 12.6. The highest BCUT2D eigenvalue weighted by Crippen LogP contribution is 2.23. The van der Waals surface area contributed by atoms with Crippen molar-refractivity contribution in [2.75, 3.05) is 33.9 Å². The minimum Gasteiger partial charge on any atom is -0.382 e. The van der Waals surface area contributed by atoms with E-state index in [1.54, 1.807) is 19.1 Å². The van der Waals surface area contributed by atoms with Gasteiger partial charge in [0.2, 0.25) is 11.8 Å². The van der Waals surface area contributed by atoms with Gasteiger partial charge < -0.3 is 19.7 Å². The lowest BCUT2D eigenvalue weighted by molar-refractivity contribution is -0.138. The molecule has 6 nitrogen and oxygen atoms in total. The van der Waals surface area contributed by atoms with E-state index in [0.717, 1.165) is 0 Å². The second-order valence-corrected chi connectivity index (χ2v) is 6.21. The van der Waals surface area contributed by atoms with Crippen molar-refractivity contribution in [1.82, 2.24) is 10.2 Å². The molecule has 0 aromatic heterocycles. The molecular formula is C14H26N2O4. The molecular weight excluding hydrogens is 260 g/mol. The van der Waals surface area contributed by atoms with Crippen LogP contribution in [0.4, 0.5) is 0 Å². The maximum absolute atomic E-state index is 12.6. The molecule has 116 valence electrons. The molecule has 0 aromatic rings. The molecule has 1 saturated heterocycles. The summed E-state index contributed by atoms with van der Waals surface area (Å²) in [5, 5.41) is 2.82. The second kappa shape index (κ2) is 7.04. The molecule has 1 aliphatic heterocycles. The number of hydrogen-bond donors (Lipinski definition) is 1. The molecule has 1 aliphatic rings. The lowest BCUT2D eigenvalue weighted by atomic mass is 9.86. The summed E-state index contributed by atoms with van der Waals surface area (Å²) in [6.07, 6.45) is 0.139. The van der Waals surface area contributed by atoms with Crippen LogP contribution in [0.25, 0.3) is 0 Å². The van der Waals surface area contributed by atoms with Gasteiger partial charge in [-0.05, 0) is 5.41 Å². The van der Waals surface area contributed by atoms with Gasteiger partial charge in [-0.2, -0.15) is 0 Å². The van der Waals surface area contributed by atoms with E-state index in [9.17, 15) is 9.59 Å². The zero-order valence-electron chi connectivity index (χ0n) is 13.1. The Bertz CT molecular complexity index is 352. The number of nitrogens with one attached hydrogen (secondary N) is 1. The summed E-state index contributed by atoms with van der Waals surface area (Å²) in [5.74, 6) is -0.136. The number of ether oxygens (including phenoxy) is 2. The number of amides is 2. The first-order valence-corrected chi connectivity index (χ1v) is 6.89. The third-order valence-corrected chi connectivity index (χ3v) is 3.45. The summed E-state index contributed by atoms with van der Waals surface area (Å²) in [4.78, 5) is 26.1. The molecule has 0 radical (unpaired) electrons. The normalized spacial score (nSPS) is 22.4. The van der Waals surface area contributed by atoms with E-state index in [1.165, 1.54) is 0 Å². The monoisotopic (exact) mass is 286 g/mol. The van der Waals surface area contributed by atoms with Crippen LogP contribution in [-0.4, -0.2) is 62.8 Å². The number of rotatable bonds is 5. The first kappa shape index (κ1) is 16.9. The maximum Gasteiger partial charge on any atom is 0.245 e. The largest absolute Gasteiger partial charge is 0.382 e. The molecule has 1 heterocycles. The second-order valence-electron chi connectivity index (χ2n) is 6.21. The molecule has 2 unspecified atom stereocenters. The average Bonchev–Trinajstić information content (AvgIpc) is 2.50. The standard InChI is InChI=1S/C14H26N2O4/c1-14(2,3)12-13(18)16(7-6-11(17)15-12)8-10(20-5)9-19-4/h10,12H,6-9H2,1-5H3,(H,15,17). The third-order valence-electron chi connectivity index (χ3n) is 3.45. The van der Waals surface area contributed by atoms with Crippen LogP contribution in [0.2, 0.25) is 0 Å². The van der Waals surface area contributed by atoms with Gasteiger partial charge in [-0.15, -0.1) is 0 Å². The Morgan fingerprint density at radius 2 is 2.00 bits per heavy atom. The molecule has 0 aromatic carbocycles. The van der Waals surface area contributed by atoms with Crippen LogP contribution in [0.1, 0.15) is 27.2 Å². The lowest BCUT2D eigenvalue weighted by Gasteiger charge is -2.33. The fraction of sp³-hybridized carbons (Fsp3) is 0.857. The van der Waals surface area contributed by atoms with E-state index in [0.29, 0.717) is 26.1 Å². The van der Waals surface area contributed by atoms with Gasteiger partial charge >= 0.3 is 0 Å². The molecule has 0 saturated carbocycles. The average molecular weight is 286 g/mol. The van der Waals surface area contributed by atoms with Gasteiger partial charge in [-0.3, -0.25) is 9.59 Å². The Hall–Kier alpha value is -1.14. The predicted molar refractivity (Wildman–Crippen MR) is 75.3 cm³/mol. The molecule has 6 heteroatoms. The van der Waals surface area contributed by atoms with Crippen molar-refractivity contribution in [2.45, 2.75) is 39.3 Å². The van der Waals surface area contributed by atoms with Crippen molar-refractivity contribution in [3.05, 3.63) is 0 Å². The fourth-order valence-corrected chi connectivity index (χ4v) is 2.22. The topological polar surface area (TPSA) is 67.9 Å². The minimum absolute atomic E-state index is 0.0542. The summed E-state index contributed by atoms with van der Waals surface area (Å²) >= 11 is 0. The van der Waals surface area contributed by atoms with Gasteiger partial charge in [0.25, 0.3) is 0 Å². The van der Waals surface area contributed by atoms with Crippen molar-refractivity contribution in [1.29, 1.82) is 0 Å². The van der Waals surface area contributed by atoms with E-state index < -0.39 is 6.04 Å². The first-order valence-electron chi connectivity index (χ1n) is 6.89. The molecule has 0 aliphatic carbocycles. The summed E-state index contributed by atoms with van der Waals surface area (Å²) in [6.45, 7) is 7.11. The Balaban J connectivity index is 2.84. The van der Waals surface area contributed by atoms with Crippen molar-refractivity contribution in [3.8, 4) is 0 Å². The van der Waals surface area contributed by atoms with Crippen LogP contribution in [-0.2, 0) is 19.1 Å². The van der Waals surface area contributed by atoms with Crippen LogP contribution in [0.5, 0.6) is 0 Å². The zero-order valence-corrected chi connectivity index (χ0v) is 13.1. The highest BCUT2D eigenvalue weighted by Gasteiger charge is 2.38. The van der Waals surface area contributed by atoms with Crippen molar-refractivity contribution in [2.24, 2.45) is 5.41 Å². The minimum atomic E-state index is -0.502. The van der Waals surface area contributed by atoms with Gasteiger partial charge in [-0.1, -0.05) is 20.8 Å². The number of hydrogen-bond acceptors (Lipinski definition) is 4. The van der Waals surface area contributed by atoms with E-state index in [4.69, 9.17) is 9.47 Å². The predicted octanol–water partition coefficient (Wildman–Crippen LogP) is 0.411. The quantitative estimate of drug-likeness (QED) is 0.795. The van der Waals surface area contributed by atoms with Crippen LogP contribution < -0.4 is 5.32 Å². The first-order chi connectivity index (χ1) is 9.29. The van der Waals surface area contributed by atoms with Crippen LogP contribution in [0, 0.1) is 5.41 Å². The van der Waals surface area contributed by atoms with Crippen LogP contribution in [0.15, 0.2) is 0 Å².